The largest absolute Gasteiger partial charge is 0.396 e. The summed E-state index contributed by atoms with van der Waals surface area (Å²) in [5.74, 6) is -1.24. The van der Waals surface area contributed by atoms with Crippen molar-refractivity contribution in [3.8, 4) is 0 Å². The van der Waals surface area contributed by atoms with Gasteiger partial charge in [0.15, 0.2) is 0 Å². The van der Waals surface area contributed by atoms with Crippen LogP contribution in [0.5, 0.6) is 0 Å². The normalized spacial score (nSPS) is 13.9. The van der Waals surface area contributed by atoms with Gasteiger partial charge in [-0.3, -0.25) is 4.68 Å². The number of aliphatic hydroxyl groups excluding tert-OH is 1. The molecule has 0 bridgehead atoms. The van der Waals surface area contributed by atoms with Crippen molar-refractivity contribution in [1.82, 2.24) is 14.8 Å². The van der Waals surface area contributed by atoms with E-state index in [1.54, 1.807) is 11.0 Å². The van der Waals surface area contributed by atoms with Crippen LogP contribution in [0, 0.1) is 17.6 Å². The number of aromatic nitrogens is 3. The first-order valence-corrected chi connectivity index (χ1v) is 7.57. The minimum absolute atomic E-state index is 0.0428. The molecule has 0 unspecified atom stereocenters. The third kappa shape index (κ3) is 5.69. The quantitative estimate of drug-likeness (QED) is 0.768. The molecule has 0 spiro atoms. The average molecular weight is 325 g/mol. The Labute approximate surface area is 133 Å². The summed E-state index contributed by atoms with van der Waals surface area (Å²) in [6, 6.07) is 3.55. The zero-order valence-electron chi connectivity index (χ0n) is 13.0. The van der Waals surface area contributed by atoms with Gasteiger partial charge in [-0.2, -0.15) is 5.10 Å². The number of benzene rings is 1. The van der Waals surface area contributed by atoms with Crippen LogP contribution in [0.2, 0.25) is 0 Å². The molecule has 2 rings (SSSR count). The predicted octanol–water partition coefficient (Wildman–Crippen LogP) is 2.20. The zero-order valence-corrected chi connectivity index (χ0v) is 13.0. The lowest BCUT2D eigenvalue weighted by atomic mass is 10.0. The van der Waals surface area contributed by atoms with Gasteiger partial charge in [-0.15, -0.1) is 0 Å². The summed E-state index contributed by atoms with van der Waals surface area (Å²) in [5, 5.41) is 13.4. The monoisotopic (exact) mass is 325 g/mol. The fourth-order valence-electron chi connectivity index (χ4n) is 2.25. The lowest BCUT2D eigenvalue weighted by Crippen LogP contribution is -2.23. The Kier molecular flexibility index (Phi) is 6.61. The number of hydrogen-bond acceptors (Lipinski definition) is 4. The number of aryl methyl sites for hydroxylation is 1. The number of halogens is 2. The molecule has 0 aliphatic carbocycles. The van der Waals surface area contributed by atoms with Crippen LogP contribution in [0.25, 0.3) is 0 Å². The van der Waals surface area contributed by atoms with Crippen molar-refractivity contribution in [2.75, 3.05) is 13.2 Å². The summed E-state index contributed by atoms with van der Waals surface area (Å²) < 4.78 is 33.8. The van der Waals surface area contributed by atoms with Gasteiger partial charge in [-0.1, -0.05) is 6.07 Å². The second-order valence-corrected chi connectivity index (χ2v) is 5.58. The highest BCUT2D eigenvalue weighted by Crippen LogP contribution is 2.15. The van der Waals surface area contributed by atoms with Crippen LogP contribution in [-0.4, -0.2) is 39.2 Å². The summed E-state index contributed by atoms with van der Waals surface area (Å²) >= 11 is 0. The lowest BCUT2D eigenvalue weighted by molar-refractivity contribution is 0.0127. The molecule has 7 heteroatoms. The van der Waals surface area contributed by atoms with Crippen molar-refractivity contribution < 1.29 is 18.6 Å². The molecule has 5 nitrogen and oxygen atoms in total. The van der Waals surface area contributed by atoms with E-state index in [-0.39, 0.29) is 18.6 Å². The molecule has 1 N–H and O–H groups in total. The van der Waals surface area contributed by atoms with Crippen LogP contribution in [0.4, 0.5) is 8.78 Å². The molecule has 0 aliphatic heterocycles. The first-order valence-electron chi connectivity index (χ1n) is 7.57. The maximum Gasteiger partial charge on any atom is 0.137 e. The number of aliphatic hydroxyl groups is 1. The molecular formula is C16H21F2N3O2. The van der Waals surface area contributed by atoms with Gasteiger partial charge in [-0.25, -0.2) is 13.8 Å². The molecule has 1 aromatic carbocycles. The molecular weight excluding hydrogens is 304 g/mol. The van der Waals surface area contributed by atoms with Gasteiger partial charge in [0.2, 0.25) is 0 Å². The minimum Gasteiger partial charge on any atom is -0.396 e. The SMILES string of the molecule is C[C@H](Cn1cncn1)OC[C@@H](CO)CCc1ccc(F)cc1F. The van der Waals surface area contributed by atoms with Gasteiger partial charge < -0.3 is 9.84 Å². The van der Waals surface area contributed by atoms with Gasteiger partial charge in [0.25, 0.3) is 0 Å². The molecule has 2 atom stereocenters. The number of ether oxygens (including phenoxy) is 1. The predicted molar refractivity (Wildman–Crippen MR) is 80.7 cm³/mol. The fourth-order valence-corrected chi connectivity index (χ4v) is 2.25. The Morgan fingerprint density at radius 2 is 2.17 bits per heavy atom. The maximum absolute atomic E-state index is 13.6. The van der Waals surface area contributed by atoms with Gasteiger partial charge in [0.05, 0.1) is 19.3 Å². The lowest BCUT2D eigenvalue weighted by Gasteiger charge is -2.18. The second-order valence-electron chi connectivity index (χ2n) is 5.58. The molecule has 0 fully saturated rings. The van der Waals surface area contributed by atoms with Crippen molar-refractivity contribution in [3.63, 3.8) is 0 Å². The van der Waals surface area contributed by atoms with E-state index in [0.29, 0.717) is 31.6 Å². The van der Waals surface area contributed by atoms with Crippen molar-refractivity contribution in [2.45, 2.75) is 32.4 Å². The Morgan fingerprint density at radius 3 is 2.83 bits per heavy atom. The summed E-state index contributed by atoms with van der Waals surface area (Å²) in [7, 11) is 0. The molecule has 1 heterocycles. The number of hydrogen-bond donors (Lipinski definition) is 1. The third-order valence-electron chi connectivity index (χ3n) is 3.62. The van der Waals surface area contributed by atoms with Crippen molar-refractivity contribution in [1.29, 1.82) is 0 Å². The summed E-state index contributed by atoms with van der Waals surface area (Å²) in [6.45, 7) is 2.81. The highest BCUT2D eigenvalue weighted by Gasteiger charge is 2.13. The van der Waals surface area contributed by atoms with Gasteiger partial charge in [0.1, 0.15) is 24.3 Å². The molecule has 0 radical (unpaired) electrons. The van der Waals surface area contributed by atoms with Crippen LogP contribution in [0.3, 0.4) is 0 Å². The molecule has 0 amide bonds. The highest BCUT2D eigenvalue weighted by molar-refractivity contribution is 5.18. The summed E-state index contributed by atoms with van der Waals surface area (Å²) in [5.41, 5.74) is 0.445. The van der Waals surface area contributed by atoms with E-state index >= 15 is 0 Å². The molecule has 2 aromatic rings. The molecule has 0 saturated heterocycles. The first-order chi connectivity index (χ1) is 11.1. The Bertz CT molecular complexity index is 593. The zero-order chi connectivity index (χ0) is 16.7. The van der Waals surface area contributed by atoms with Gasteiger partial charge >= 0.3 is 0 Å². The highest BCUT2D eigenvalue weighted by atomic mass is 19.1. The van der Waals surface area contributed by atoms with Crippen LogP contribution in [0.15, 0.2) is 30.9 Å². The molecule has 0 aliphatic rings. The molecule has 126 valence electrons. The van der Waals surface area contributed by atoms with E-state index in [9.17, 15) is 13.9 Å². The Hall–Kier alpha value is -1.86. The topological polar surface area (TPSA) is 60.2 Å². The van der Waals surface area contributed by atoms with Crippen molar-refractivity contribution in [2.24, 2.45) is 5.92 Å². The number of nitrogens with zero attached hydrogens (tertiary/aromatic N) is 3. The van der Waals surface area contributed by atoms with Crippen LogP contribution < -0.4 is 0 Å². The second kappa shape index (κ2) is 8.69. The fraction of sp³-hybridized carbons (Fsp3) is 0.500. The first kappa shape index (κ1) is 17.5. The Morgan fingerprint density at radius 1 is 1.35 bits per heavy atom. The minimum atomic E-state index is -0.588. The smallest absolute Gasteiger partial charge is 0.137 e. The van der Waals surface area contributed by atoms with E-state index in [2.05, 4.69) is 10.1 Å². The molecule has 0 saturated carbocycles. The maximum atomic E-state index is 13.6. The summed E-state index contributed by atoms with van der Waals surface area (Å²) in [4.78, 5) is 3.86. The standard InChI is InChI=1S/C16H21F2N3O2/c1-12(7-21-11-19-10-20-21)23-9-13(8-22)2-3-14-4-5-15(17)6-16(14)18/h4-6,10-13,22H,2-3,7-9H2,1H3/t12-,13-/m1/s1. The van der Waals surface area contributed by atoms with E-state index < -0.39 is 11.6 Å². The van der Waals surface area contributed by atoms with E-state index in [0.717, 1.165) is 6.07 Å². The van der Waals surface area contributed by atoms with Crippen molar-refractivity contribution >= 4 is 0 Å². The van der Waals surface area contributed by atoms with E-state index in [1.807, 2.05) is 6.92 Å². The molecule has 23 heavy (non-hydrogen) atoms. The average Bonchev–Trinajstić information content (AvgIpc) is 3.02. The van der Waals surface area contributed by atoms with Crippen LogP contribution in [0.1, 0.15) is 18.9 Å². The van der Waals surface area contributed by atoms with Gasteiger partial charge in [0, 0.05) is 18.6 Å². The third-order valence-corrected chi connectivity index (χ3v) is 3.62. The Balaban J connectivity index is 1.76. The van der Waals surface area contributed by atoms with Gasteiger partial charge in [-0.05, 0) is 31.4 Å². The molecule has 1 aromatic heterocycles. The van der Waals surface area contributed by atoms with Crippen molar-refractivity contribution in [3.05, 3.63) is 48.1 Å². The van der Waals surface area contributed by atoms with E-state index in [1.165, 1.54) is 18.5 Å². The van der Waals surface area contributed by atoms with E-state index in [4.69, 9.17) is 4.74 Å². The van der Waals surface area contributed by atoms with Crippen LogP contribution in [-0.2, 0) is 17.7 Å². The van der Waals surface area contributed by atoms with Crippen LogP contribution >= 0.6 is 0 Å². The number of rotatable bonds is 9. The summed E-state index contributed by atoms with van der Waals surface area (Å²) in [6.07, 6.45) is 3.99.